The van der Waals surface area contributed by atoms with E-state index in [1.54, 1.807) is 0 Å². The lowest BCUT2D eigenvalue weighted by atomic mass is 9.92. The highest BCUT2D eigenvalue weighted by Crippen LogP contribution is 2.43. The number of benzene rings is 12. The van der Waals surface area contributed by atoms with E-state index >= 15 is 0 Å². The van der Waals surface area contributed by atoms with Gasteiger partial charge in [-0.1, -0.05) is 158 Å². The van der Waals surface area contributed by atoms with Crippen molar-refractivity contribution in [1.82, 2.24) is 9.13 Å². The molecule has 0 aliphatic rings. The second kappa shape index (κ2) is 17.8. The molecule has 356 valence electrons. The van der Waals surface area contributed by atoms with Crippen molar-refractivity contribution < 1.29 is 4.42 Å². The molecule has 0 bridgehead atoms. The fraction of sp³-hybridized carbons (Fsp3) is 0. The molecule has 15 aromatic rings. The maximum Gasteiger partial charge on any atom is 0.137 e. The lowest BCUT2D eigenvalue weighted by Crippen LogP contribution is -2.09. The van der Waals surface area contributed by atoms with Crippen LogP contribution < -0.4 is 4.90 Å². The van der Waals surface area contributed by atoms with E-state index in [2.05, 4.69) is 287 Å². The summed E-state index contributed by atoms with van der Waals surface area (Å²) in [5.74, 6) is 0. The fourth-order valence-electron chi connectivity index (χ4n) is 11.7. The smallest absolute Gasteiger partial charge is 0.137 e. The quantitative estimate of drug-likeness (QED) is 0.144. The summed E-state index contributed by atoms with van der Waals surface area (Å²) in [6, 6.07) is 103. The molecule has 0 spiro atoms. The topological polar surface area (TPSA) is 26.2 Å². The standard InChI is InChI=1S/C72H47N3O/c1-4-17-48(18-5-1)49-31-35-58(36-32-49)73(56-20-6-2-7-21-56)59-24-16-19-50(44-59)53-41-54(51-33-39-69-65(45-51)61-25-10-13-28-67(61)74(69)57-22-8-3-9-23-57)43-55(42-53)52-34-40-70-66(46-52)62-26-11-14-29-68(62)75(70)60-37-38-64-63-27-12-15-30-71(63)76-72(64)47-60/h1-47H. The number of hydrogen-bond donors (Lipinski definition) is 0. The van der Waals surface area contributed by atoms with Gasteiger partial charge < -0.3 is 18.5 Å². The van der Waals surface area contributed by atoms with Crippen molar-refractivity contribution >= 4 is 82.6 Å². The SMILES string of the molecule is c1ccc(-c2ccc(N(c3ccccc3)c3cccc(-c4cc(-c5ccc6c(c5)c5ccccc5n6-c5ccccc5)cc(-c5ccc6c(c5)c5ccccc5n6-c5ccc6c(c5)oc5ccccc56)c4)c3)cc2)cc1. The third kappa shape index (κ3) is 7.30. The molecular formula is C72H47N3O. The summed E-state index contributed by atoms with van der Waals surface area (Å²) in [4.78, 5) is 2.36. The fourth-order valence-corrected chi connectivity index (χ4v) is 11.7. The van der Waals surface area contributed by atoms with E-state index in [0.717, 1.165) is 94.8 Å². The third-order valence-electron chi connectivity index (χ3n) is 15.3. The van der Waals surface area contributed by atoms with Crippen molar-refractivity contribution in [3.05, 3.63) is 285 Å². The molecule has 0 aliphatic carbocycles. The van der Waals surface area contributed by atoms with Crippen LogP contribution in [0.5, 0.6) is 0 Å². The van der Waals surface area contributed by atoms with Gasteiger partial charge in [0, 0.05) is 66.8 Å². The molecule has 3 aromatic heterocycles. The van der Waals surface area contributed by atoms with E-state index < -0.39 is 0 Å². The second-order valence-corrected chi connectivity index (χ2v) is 19.7. The highest BCUT2D eigenvalue weighted by molar-refractivity contribution is 6.13. The van der Waals surface area contributed by atoms with E-state index in [-0.39, 0.29) is 0 Å². The van der Waals surface area contributed by atoms with Crippen LogP contribution in [0.1, 0.15) is 0 Å². The first-order valence-electron chi connectivity index (χ1n) is 26.0. The van der Waals surface area contributed by atoms with Crippen LogP contribution >= 0.6 is 0 Å². The Balaban J connectivity index is 0.904. The Morgan fingerprint density at radius 1 is 0.224 bits per heavy atom. The molecule has 3 heterocycles. The molecular weight excluding hydrogens is 923 g/mol. The van der Waals surface area contributed by atoms with Gasteiger partial charge in [0.1, 0.15) is 11.2 Å². The van der Waals surface area contributed by atoms with Gasteiger partial charge in [0.05, 0.1) is 22.1 Å². The van der Waals surface area contributed by atoms with Crippen LogP contribution in [-0.4, -0.2) is 9.13 Å². The number of rotatable bonds is 9. The average molecular weight is 970 g/mol. The highest BCUT2D eigenvalue weighted by Gasteiger charge is 2.19. The maximum absolute atomic E-state index is 6.42. The van der Waals surface area contributed by atoms with Gasteiger partial charge in [0.15, 0.2) is 0 Å². The Hall–Kier alpha value is -10.2. The zero-order valence-electron chi connectivity index (χ0n) is 41.4. The van der Waals surface area contributed by atoms with E-state index in [9.17, 15) is 0 Å². The number of aromatic nitrogens is 2. The maximum atomic E-state index is 6.42. The lowest BCUT2D eigenvalue weighted by Gasteiger charge is -2.26. The van der Waals surface area contributed by atoms with Crippen LogP contribution in [0.25, 0.3) is 121 Å². The first kappa shape index (κ1) is 43.4. The number of para-hydroxylation sites is 5. The normalized spacial score (nSPS) is 11.7. The largest absolute Gasteiger partial charge is 0.456 e. The summed E-state index contributed by atoms with van der Waals surface area (Å²) < 4.78 is 11.2. The van der Waals surface area contributed by atoms with Crippen LogP contribution in [-0.2, 0) is 0 Å². The molecule has 4 nitrogen and oxygen atoms in total. The van der Waals surface area contributed by atoms with Crippen LogP contribution in [0, 0.1) is 0 Å². The van der Waals surface area contributed by atoms with Crippen molar-refractivity contribution in [3.63, 3.8) is 0 Å². The third-order valence-corrected chi connectivity index (χ3v) is 15.3. The minimum atomic E-state index is 0.880. The van der Waals surface area contributed by atoms with E-state index in [4.69, 9.17) is 4.42 Å². The number of fused-ring (bicyclic) bond motifs is 9. The van der Waals surface area contributed by atoms with E-state index in [1.807, 2.05) is 12.1 Å². The highest BCUT2D eigenvalue weighted by atomic mass is 16.3. The summed E-state index contributed by atoms with van der Waals surface area (Å²) in [5, 5.41) is 7.09. The molecule has 0 saturated carbocycles. The molecule has 4 heteroatoms. The lowest BCUT2D eigenvalue weighted by molar-refractivity contribution is 0.668. The first-order chi connectivity index (χ1) is 37.7. The second-order valence-electron chi connectivity index (χ2n) is 19.7. The van der Waals surface area contributed by atoms with Gasteiger partial charge in [-0.05, 0) is 166 Å². The van der Waals surface area contributed by atoms with Crippen molar-refractivity contribution in [2.24, 2.45) is 0 Å². The molecule has 76 heavy (non-hydrogen) atoms. The summed E-state index contributed by atoms with van der Waals surface area (Å²) in [5.41, 5.74) is 21.2. The predicted molar refractivity (Wildman–Crippen MR) is 319 cm³/mol. The molecule has 0 unspecified atom stereocenters. The molecule has 0 aliphatic heterocycles. The zero-order valence-corrected chi connectivity index (χ0v) is 41.4. The predicted octanol–water partition coefficient (Wildman–Crippen LogP) is 19.9. The first-order valence-corrected chi connectivity index (χ1v) is 26.0. The van der Waals surface area contributed by atoms with Crippen molar-refractivity contribution in [2.75, 3.05) is 4.90 Å². The van der Waals surface area contributed by atoms with Gasteiger partial charge in [-0.25, -0.2) is 0 Å². The van der Waals surface area contributed by atoms with Crippen LogP contribution in [0.2, 0.25) is 0 Å². The van der Waals surface area contributed by atoms with Gasteiger partial charge in [-0.15, -0.1) is 0 Å². The minimum absolute atomic E-state index is 0.880. The summed E-state index contributed by atoms with van der Waals surface area (Å²) >= 11 is 0. The molecule has 15 rings (SSSR count). The molecule has 0 atom stereocenters. The summed E-state index contributed by atoms with van der Waals surface area (Å²) in [7, 11) is 0. The van der Waals surface area contributed by atoms with Gasteiger partial charge >= 0.3 is 0 Å². The van der Waals surface area contributed by atoms with Crippen molar-refractivity contribution in [2.45, 2.75) is 0 Å². The average Bonchev–Trinajstić information content (AvgIpc) is 4.16. The van der Waals surface area contributed by atoms with Gasteiger partial charge in [0.2, 0.25) is 0 Å². The summed E-state index contributed by atoms with van der Waals surface area (Å²) in [6.07, 6.45) is 0. The molecule has 0 saturated heterocycles. The van der Waals surface area contributed by atoms with E-state index in [0.29, 0.717) is 0 Å². The Morgan fingerprint density at radius 2 is 0.671 bits per heavy atom. The van der Waals surface area contributed by atoms with Crippen molar-refractivity contribution in [1.29, 1.82) is 0 Å². The molecule has 12 aromatic carbocycles. The van der Waals surface area contributed by atoms with Crippen LogP contribution in [0.15, 0.2) is 290 Å². The minimum Gasteiger partial charge on any atom is -0.456 e. The summed E-state index contributed by atoms with van der Waals surface area (Å²) in [6.45, 7) is 0. The monoisotopic (exact) mass is 969 g/mol. The number of furan rings is 1. The van der Waals surface area contributed by atoms with Crippen molar-refractivity contribution in [3.8, 4) is 55.9 Å². The van der Waals surface area contributed by atoms with Gasteiger partial charge in [-0.3, -0.25) is 0 Å². The van der Waals surface area contributed by atoms with E-state index in [1.165, 1.54) is 43.7 Å². The molecule has 0 fully saturated rings. The Kier molecular flexibility index (Phi) is 10.2. The number of anilines is 3. The van der Waals surface area contributed by atoms with Gasteiger partial charge in [0.25, 0.3) is 0 Å². The molecule has 0 radical (unpaired) electrons. The Bertz CT molecular complexity index is 4680. The zero-order chi connectivity index (χ0) is 50.1. The Morgan fingerprint density at radius 3 is 1.32 bits per heavy atom. The number of nitrogens with zero attached hydrogens (tertiary/aromatic N) is 3. The van der Waals surface area contributed by atoms with Crippen LogP contribution in [0.4, 0.5) is 17.1 Å². The van der Waals surface area contributed by atoms with Crippen LogP contribution in [0.3, 0.4) is 0 Å². The molecule has 0 amide bonds. The number of hydrogen-bond acceptors (Lipinski definition) is 2. The van der Waals surface area contributed by atoms with Gasteiger partial charge in [-0.2, -0.15) is 0 Å². The Labute approximate surface area is 439 Å². The molecule has 0 N–H and O–H groups in total.